The van der Waals surface area contributed by atoms with Crippen LogP contribution in [-0.2, 0) is 54.8 Å². The van der Waals surface area contributed by atoms with Gasteiger partial charge in [-0.2, -0.15) is 12.6 Å². The third-order valence-electron chi connectivity index (χ3n) is 4.88. The maximum absolute atomic E-state index is 13.4. The van der Waals surface area contributed by atoms with E-state index in [1.807, 2.05) is 18.2 Å². The molecule has 44 heavy (non-hydrogen) atoms. The molecule has 0 aliphatic carbocycles. The zero-order chi connectivity index (χ0) is 30.2. The van der Waals surface area contributed by atoms with E-state index in [-0.39, 0.29) is 53.5 Å². The van der Waals surface area contributed by atoms with Crippen LogP contribution in [-0.4, -0.2) is 19.9 Å². The second-order valence-electron chi connectivity index (χ2n) is 7.93. The molecule has 4 heterocycles. The first kappa shape index (κ1) is 38.6. The van der Waals surface area contributed by atoms with Crippen molar-refractivity contribution in [2.45, 2.75) is 9.92 Å². The number of hydrogen-bond acceptors (Lipinski definition) is 6. The molecular formula is C32H22F3N5Pt2S2. The number of rotatable bonds is 2. The molecule has 0 atom stereocenters. The van der Waals surface area contributed by atoms with Gasteiger partial charge in [0.05, 0.1) is 0 Å². The maximum atomic E-state index is 13.4. The second kappa shape index (κ2) is 21.3. The zero-order valence-corrected chi connectivity index (χ0v) is 28.7. The third-order valence-corrected chi connectivity index (χ3v) is 5.38. The van der Waals surface area contributed by atoms with Crippen molar-refractivity contribution in [1.82, 2.24) is 19.9 Å². The summed E-state index contributed by atoms with van der Waals surface area (Å²) >= 11 is 8.72. The molecule has 0 saturated heterocycles. The number of aromatic nitrogens is 4. The van der Waals surface area contributed by atoms with Crippen molar-refractivity contribution >= 4 is 31.1 Å². The van der Waals surface area contributed by atoms with Crippen LogP contribution in [0.5, 0.6) is 0 Å². The molecule has 0 aliphatic rings. The molecule has 4 aromatic heterocycles. The second-order valence-corrected chi connectivity index (χ2v) is 8.87. The molecule has 0 saturated carbocycles. The van der Waals surface area contributed by atoms with E-state index in [0.717, 1.165) is 12.1 Å². The molecule has 0 amide bonds. The van der Waals surface area contributed by atoms with E-state index in [2.05, 4.69) is 44.7 Å². The van der Waals surface area contributed by atoms with E-state index in [0.29, 0.717) is 32.7 Å². The molecule has 0 radical (unpaired) electrons. The van der Waals surface area contributed by atoms with Gasteiger partial charge in [-0.1, -0.05) is 99.8 Å². The predicted octanol–water partition coefficient (Wildman–Crippen LogP) is 8.55. The summed E-state index contributed by atoms with van der Waals surface area (Å²) in [5.41, 5.74) is 8.48. The van der Waals surface area contributed by atoms with Gasteiger partial charge in [-0.15, -0.1) is 24.3 Å². The third kappa shape index (κ3) is 13.9. The van der Waals surface area contributed by atoms with Crippen molar-refractivity contribution in [3.63, 3.8) is 0 Å². The fourth-order valence-corrected chi connectivity index (χ4v) is 3.34. The molecule has 1 N–H and O–H groups in total. The number of halogens is 3. The van der Waals surface area contributed by atoms with Crippen LogP contribution in [0.15, 0.2) is 132 Å². The summed E-state index contributed by atoms with van der Waals surface area (Å²) in [5.74, 6) is -1.32. The van der Waals surface area contributed by atoms with Gasteiger partial charge in [-0.05, 0) is 29.6 Å². The smallest absolute Gasteiger partial charge is 0.760 e. The van der Waals surface area contributed by atoms with Crippen LogP contribution in [0.3, 0.4) is 0 Å². The summed E-state index contributed by atoms with van der Waals surface area (Å²) in [5, 5.41) is 0.655. The molecule has 0 unspecified atom stereocenters. The number of nitrogens with zero attached hydrogens (tertiary/aromatic N) is 4. The fraction of sp³-hybridized carbons (Fsp3) is 0. The van der Waals surface area contributed by atoms with Gasteiger partial charge in [0, 0.05) is 36.0 Å². The largest absolute Gasteiger partial charge is 2.00 e. The first-order valence-electron chi connectivity index (χ1n) is 12.1. The van der Waals surface area contributed by atoms with E-state index in [1.54, 1.807) is 85.5 Å². The molecule has 5 nitrogen and oxygen atoms in total. The molecular weight excluding hydrogens is 966 g/mol. The molecule has 0 aliphatic heterocycles. The number of nitrogens with one attached hydrogen (secondary N) is 1. The minimum absolute atomic E-state index is 0. The minimum atomic E-state index is -0.649. The van der Waals surface area contributed by atoms with Gasteiger partial charge in [0.2, 0.25) is 0 Å². The van der Waals surface area contributed by atoms with Crippen LogP contribution < -0.4 is 0 Å². The summed E-state index contributed by atoms with van der Waals surface area (Å²) in [6.45, 7) is 0. The summed E-state index contributed by atoms with van der Waals surface area (Å²) < 4.78 is 39.2. The Balaban J connectivity index is 0.000000303. The summed E-state index contributed by atoms with van der Waals surface area (Å²) in [6, 6.07) is 31.4. The summed E-state index contributed by atoms with van der Waals surface area (Å²) in [4.78, 5) is 16.0. The van der Waals surface area contributed by atoms with Crippen molar-refractivity contribution in [2.75, 3.05) is 0 Å². The maximum Gasteiger partial charge on any atom is 2.00 e. The van der Waals surface area contributed by atoms with Crippen LogP contribution in [0.2, 0.25) is 0 Å². The van der Waals surface area contributed by atoms with Gasteiger partial charge >= 0.3 is 42.1 Å². The van der Waals surface area contributed by atoms with Gasteiger partial charge in [0.25, 0.3) is 0 Å². The van der Waals surface area contributed by atoms with Gasteiger partial charge in [-0.3, -0.25) is 18.2 Å². The van der Waals surface area contributed by atoms with Crippen LogP contribution in [0.25, 0.3) is 28.2 Å². The Labute approximate surface area is 294 Å². The Morgan fingerprint density at radius 3 is 1.43 bits per heavy atom. The summed E-state index contributed by atoms with van der Waals surface area (Å²) in [7, 11) is 0. The van der Waals surface area contributed by atoms with Crippen LogP contribution in [0, 0.1) is 29.6 Å². The Morgan fingerprint density at radius 1 is 0.614 bits per heavy atom. The topological polar surface area (TPSA) is 75.4 Å². The normalized spacial score (nSPS) is 9.18. The molecule has 6 rings (SSSR count). The quantitative estimate of drug-likeness (QED) is 0.107. The van der Waals surface area contributed by atoms with E-state index < -0.39 is 11.6 Å². The molecule has 228 valence electrons. The summed E-state index contributed by atoms with van der Waals surface area (Å²) in [6.07, 6.45) is 6.45. The zero-order valence-electron chi connectivity index (χ0n) is 22.5. The Bertz CT molecular complexity index is 1520. The van der Waals surface area contributed by atoms with Crippen molar-refractivity contribution in [1.29, 1.82) is 0 Å². The van der Waals surface area contributed by atoms with Crippen LogP contribution in [0.1, 0.15) is 0 Å². The van der Waals surface area contributed by atoms with Crippen LogP contribution >= 0.6 is 12.6 Å². The Morgan fingerprint density at radius 2 is 1.09 bits per heavy atom. The van der Waals surface area contributed by atoms with E-state index in [4.69, 9.17) is 18.4 Å². The average molecular weight is 988 g/mol. The number of benzene rings is 2. The van der Waals surface area contributed by atoms with Gasteiger partial charge in [-0.25, -0.2) is 0 Å². The van der Waals surface area contributed by atoms with Crippen molar-refractivity contribution in [3.05, 3.63) is 157 Å². The standard InChI is InChI=1S/C11H6F2N.C11H7FNS.C5H5N2.C5H5NS.2Pt/c12-8-4-5-9(10(13)7-8)11-3-1-2-6-14-11;12-10-7-8(14)4-5-9(10)11-3-1-2-6-13-11;6-5-3-1-2-4-7-5;7-5-3-1-2-4-6-5;;/h1-4,6-7H;1-4,6-7,14H;1-4H,(H-,6,7);1-4H,(H,6,7);;/q3*-1;;2*+2/p-1. The first-order valence-corrected chi connectivity index (χ1v) is 13.0. The van der Waals surface area contributed by atoms with E-state index in [1.165, 1.54) is 6.07 Å². The Kier molecular flexibility index (Phi) is 18.7. The number of hydrogen-bond donors (Lipinski definition) is 1. The first-order chi connectivity index (χ1) is 20.3. The van der Waals surface area contributed by atoms with Gasteiger partial charge in [0.15, 0.2) is 0 Å². The number of thiol groups is 1. The van der Waals surface area contributed by atoms with E-state index in [9.17, 15) is 13.2 Å². The predicted molar refractivity (Wildman–Crippen MR) is 162 cm³/mol. The fourth-order valence-electron chi connectivity index (χ4n) is 3.03. The van der Waals surface area contributed by atoms with Crippen molar-refractivity contribution in [3.8, 4) is 22.5 Å². The average Bonchev–Trinajstić information content (AvgIpc) is 3.00. The van der Waals surface area contributed by atoms with E-state index >= 15 is 0 Å². The monoisotopic (exact) mass is 987 g/mol. The van der Waals surface area contributed by atoms with Crippen LogP contribution in [0.4, 0.5) is 19.0 Å². The molecule has 6 aromatic rings. The molecule has 12 heteroatoms. The molecule has 2 aromatic carbocycles. The molecule has 0 bridgehead atoms. The van der Waals surface area contributed by atoms with Gasteiger partial charge in [0.1, 0.15) is 0 Å². The van der Waals surface area contributed by atoms with Crippen molar-refractivity contribution in [2.24, 2.45) is 0 Å². The molecule has 0 fully saturated rings. The molecule has 0 spiro atoms. The Hall–Kier alpha value is -3.42. The number of pyridine rings is 4. The SMILES string of the molecule is Fc1c[c-]c(-c2ccccn2)c(F)c1.Fc1cc(S)c[c-]c1-c1ccccn1.[NH-]c1ccccn1.[Pt+2].[Pt+2].[S-]c1ccccn1. The van der Waals surface area contributed by atoms with Crippen molar-refractivity contribution < 1.29 is 55.3 Å². The van der Waals surface area contributed by atoms with Gasteiger partial charge < -0.3 is 33.3 Å². The minimum Gasteiger partial charge on any atom is -0.760 e.